The van der Waals surface area contributed by atoms with Crippen molar-refractivity contribution in [2.45, 2.75) is 20.1 Å². The summed E-state index contributed by atoms with van der Waals surface area (Å²) >= 11 is 0. The number of rotatable bonds is 6. The summed E-state index contributed by atoms with van der Waals surface area (Å²) in [4.78, 5) is 0. The van der Waals surface area contributed by atoms with E-state index in [0.29, 0.717) is 6.61 Å². The maximum atomic E-state index is 8.63. The highest BCUT2D eigenvalue weighted by molar-refractivity contribution is 5.50. The van der Waals surface area contributed by atoms with E-state index in [-0.39, 0.29) is 12.9 Å². The minimum Gasteiger partial charge on any atom is -0.465 e. The molecule has 0 aliphatic carbocycles. The van der Waals surface area contributed by atoms with Gasteiger partial charge >= 0.3 is 0 Å². The van der Waals surface area contributed by atoms with Crippen molar-refractivity contribution in [3.8, 4) is 5.75 Å². The molecule has 0 amide bonds. The molecule has 1 rings (SSSR count). The molecule has 0 radical (unpaired) electrons. The second-order valence-corrected chi connectivity index (χ2v) is 3.29. The fourth-order valence-corrected chi connectivity index (χ4v) is 1.31. The number of hydrogen-bond donors (Lipinski definition) is 1. The lowest BCUT2D eigenvalue weighted by Gasteiger charge is -2.14. The predicted molar refractivity (Wildman–Crippen MR) is 64.3 cm³/mol. The van der Waals surface area contributed by atoms with Gasteiger partial charge < -0.3 is 14.6 Å². The van der Waals surface area contributed by atoms with Gasteiger partial charge in [-0.1, -0.05) is 24.3 Å². The summed E-state index contributed by atoms with van der Waals surface area (Å²) in [5.74, 6) is 0.780. The van der Waals surface area contributed by atoms with E-state index in [1.165, 1.54) is 0 Å². The van der Waals surface area contributed by atoms with Gasteiger partial charge in [0.25, 0.3) is 0 Å². The van der Waals surface area contributed by atoms with E-state index in [1.807, 2.05) is 44.2 Å². The number of ether oxygens (including phenoxy) is 2. The Bertz CT molecular complexity index is 316. The third-order valence-electron chi connectivity index (χ3n) is 2.00. The maximum absolute atomic E-state index is 8.63. The van der Waals surface area contributed by atoms with Gasteiger partial charge in [0.1, 0.15) is 5.75 Å². The normalized spacial score (nSPS) is 12.9. The maximum Gasteiger partial charge on any atom is 0.196 e. The topological polar surface area (TPSA) is 38.7 Å². The van der Waals surface area contributed by atoms with Crippen LogP contribution in [0.5, 0.6) is 5.75 Å². The number of benzene rings is 1. The molecule has 16 heavy (non-hydrogen) atoms. The molecule has 0 heterocycles. The predicted octanol–water partition coefficient (Wildman–Crippen LogP) is 2.45. The summed E-state index contributed by atoms with van der Waals surface area (Å²) in [7, 11) is 0. The SMILES string of the molecule is CCOC(C)Oc1ccc(C=CCO)cc1. The van der Waals surface area contributed by atoms with Crippen molar-refractivity contribution in [1.29, 1.82) is 0 Å². The highest BCUT2D eigenvalue weighted by atomic mass is 16.7. The van der Waals surface area contributed by atoms with Gasteiger partial charge in [-0.25, -0.2) is 0 Å². The van der Waals surface area contributed by atoms with E-state index in [0.717, 1.165) is 11.3 Å². The van der Waals surface area contributed by atoms with Crippen LogP contribution >= 0.6 is 0 Å². The minimum absolute atomic E-state index is 0.0552. The molecule has 3 heteroatoms. The van der Waals surface area contributed by atoms with Crippen molar-refractivity contribution in [2.24, 2.45) is 0 Å². The van der Waals surface area contributed by atoms with Gasteiger partial charge in [0.15, 0.2) is 6.29 Å². The summed E-state index contributed by atoms with van der Waals surface area (Å²) < 4.78 is 10.8. The van der Waals surface area contributed by atoms with Gasteiger partial charge in [0.2, 0.25) is 0 Å². The van der Waals surface area contributed by atoms with Crippen LogP contribution in [0.2, 0.25) is 0 Å². The lowest BCUT2D eigenvalue weighted by Crippen LogP contribution is -2.15. The van der Waals surface area contributed by atoms with Gasteiger partial charge in [-0.3, -0.25) is 0 Å². The molecule has 0 aliphatic rings. The van der Waals surface area contributed by atoms with Crippen molar-refractivity contribution >= 4 is 6.08 Å². The van der Waals surface area contributed by atoms with E-state index in [9.17, 15) is 0 Å². The molecule has 0 saturated heterocycles. The van der Waals surface area contributed by atoms with Crippen molar-refractivity contribution < 1.29 is 14.6 Å². The standard InChI is InChI=1S/C13H18O3/c1-3-15-11(2)16-13-8-6-12(7-9-13)5-4-10-14/h4-9,11,14H,3,10H2,1-2H3. The molecule has 1 atom stereocenters. The third kappa shape index (κ3) is 4.47. The smallest absolute Gasteiger partial charge is 0.196 e. The fraction of sp³-hybridized carbons (Fsp3) is 0.385. The summed E-state index contributed by atoms with van der Waals surface area (Å²) in [6.07, 6.45) is 3.32. The zero-order chi connectivity index (χ0) is 11.8. The van der Waals surface area contributed by atoms with Crippen molar-refractivity contribution in [3.05, 3.63) is 35.9 Å². The van der Waals surface area contributed by atoms with Crippen LogP contribution < -0.4 is 4.74 Å². The van der Waals surface area contributed by atoms with Crippen LogP contribution in [0.3, 0.4) is 0 Å². The summed E-state index contributed by atoms with van der Waals surface area (Å²) in [6.45, 7) is 4.49. The van der Waals surface area contributed by atoms with Gasteiger partial charge in [-0.15, -0.1) is 0 Å². The Morgan fingerprint density at radius 1 is 1.31 bits per heavy atom. The molecule has 1 aromatic carbocycles. The third-order valence-corrected chi connectivity index (χ3v) is 2.00. The van der Waals surface area contributed by atoms with Crippen molar-refractivity contribution in [1.82, 2.24) is 0 Å². The Morgan fingerprint density at radius 3 is 2.56 bits per heavy atom. The quantitative estimate of drug-likeness (QED) is 0.751. The lowest BCUT2D eigenvalue weighted by molar-refractivity contribution is -0.0613. The van der Waals surface area contributed by atoms with E-state index in [2.05, 4.69) is 0 Å². The molecular formula is C13H18O3. The van der Waals surface area contributed by atoms with Gasteiger partial charge in [0.05, 0.1) is 6.61 Å². The lowest BCUT2D eigenvalue weighted by atomic mass is 10.2. The molecule has 88 valence electrons. The monoisotopic (exact) mass is 222 g/mol. The number of aliphatic hydroxyl groups is 1. The first-order valence-corrected chi connectivity index (χ1v) is 5.42. The first kappa shape index (κ1) is 12.7. The number of hydrogen-bond acceptors (Lipinski definition) is 3. The van der Waals surface area contributed by atoms with Crippen LogP contribution in [0.4, 0.5) is 0 Å². The molecule has 0 aromatic heterocycles. The molecule has 0 spiro atoms. The molecule has 1 unspecified atom stereocenters. The highest BCUT2D eigenvalue weighted by Crippen LogP contribution is 2.15. The van der Waals surface area contributed by atoms with Crippen LogP contribution in [-0.2, 0) is 4.74 Å². The van der Waals surface area contributed by atoms with Crippen LogP contribution in [-0.4, -0.2) is 24.6 Å². The Hall–Kier alpha value is -1.32. The summed E-state index contributed by atoms with van der Waals surface area (Å²) in [5.41, 5.74) is 1.03. The number of aliphatic hydroxyl groups excluding tert-OH is 1. The summed E-state index contributed by atoms with van der Waals surface area (Å²) in [5, 5.41) is 8.63. The Kier molecular flexibility index (Phi) is 5.61. The first-order valence-electron chi connectivity index (χ1n) is 5.42. The van der Waals surface area contributed by atoms with Gasteiger partial charge in [-0.05, 0) is 31.5 Å². The first-order chi connectivity index (χ1) is 7.76. The second kappa shape index (κ2) is 7.04. The van der Waals surface area contributed by atoms with Gasteiger partial charge in [0, 0.05) is 6.61 Å². The second-order valence-electron chi connectivity index (χ2n) is 3.29. The van der Waals surface area contributed by atoms with Crippen molar-refractivity contribution in [3.63, 3.8) is 0 Å². The Balaban J connectivity index is 2.54. The molecule has 0 aliphatic heterocycles. The zero-order valence-corrected chi connectivity index (χ0v) is 9.72. The van der Waals surface area contributed by atoms with E-state index in [1.54, 1.807) is 6.08 Å². The Labute approximate surface area is 96.3 Å². The molecule has 0 fully saturated rings. The van der Waals surface area contributed by atoms with Crippen LogP contribution in [0.25, 0.3) is 6.08 Å². The van der Waals surface area contributed by atoms with Gasteiger partial charge in [-0.2, -0.15) is 0 Å². The molecule has 3 nitrogen and oxygen atoms in total. The molecule has 0 saturated carbocycles. The Morgan fingerprint density at radius 2 is 2.00 bits per heavy atom. The fourth-order valence-electron chi connectivity index (χ4n) is 1.31. The van der Waals surface area contributed by atoms with E-state index in [4.69, 9.17) is 14.6 Å². The molecule has 1 N–H and O–H groups in total. The van der Waals surface area contributed by atoms with Crippen LogP contribution in [0, 0.1) is 0 Å². The average molecular weight is 222 g/mol. The largest absolute Gasteiger partial charge is 0.465 e. The minimum atomic E-state index is -0.233. The average Bonchev–Trinajstić information content (AvgIpc) is 2.28. The van der Waals surface area contributed by atoms with Crippen LogP contribution in [0.1, 0.15) is 19.4 Å². The molecule has 1 aromatic rings. The summed E-state index contributed by atoms with van der Waals surface area (Å²) in [6, 6.07) is 7.62. The van der Waals surface area contributed by atoms with Crippen LogP contribution in [0.15, 0.2) is 30.3 Å². The van der Waals surface area contributed by atoms with Crippen molar-refractivity contribution in [2.75, 3.05) is 13.2 Å². The molecular weight excluding hydrogens is 204 g/mol. The van der Waals surface area contributed by atoms with E-state index >= 15 is 0 Å². The molecule has 0 bridgehead atoms. The highest BCUT2D eigenvalue weighted by Gasteiger charge is 2.01. The van der Waals surface area contributed by atoms with E-state index < -0.39 is 0 Å². The zero-order valence-electron chi connectivity index (χ0n) is 9.72.